The molecule has 2 aromatic carbocycles. The molecule has 0 aliphatic carbocycles. The van der Waals surface area contributed by atoms with Crippen molar-refractivity contribution >= 4 is 17.5 Å². The third-order valence-electron chi connectivity index (χ3n) is 6.22. The lowest BCUT2D eigenvalue weighted by molar-refractivity contribution is -0.126. The van der Waals surface area contributed by atoms with E-state index < -0.39 is 0 Å². The number of ether oxygens (including phenoxy) is 1. The van der Waals surface area contributed by atoms with Crippen LogP contribution in [0.4, 0.5) is 0 Å². The molecule has 2 aliphatic heterocycles. The van der Waals surface area contributed by atoms with Crippen LogP contribution in [-0.4, -0.2) is 55.1 Å². The first-order valence-corrected chi connectivity index (χ1v) is 11.7. The van der Waals surface area contributed by atoms with Crippen LogP contribution in [0.1, 0.15) is 29.5 Å². The number of piperidine rings is 1. The molecule has 0 atom stereocenters. The number of likely N-dealkylation sites (tertiary alicyclic amines) is 1. The number of hydrogen-bond acceptors (Lipinski definition) is 4. The van der Waals surface area contributed by atoms with E-state index in [0.717, 1.165) is 75.9 Å². The van der Waals surface area contributed by atoms with Gasteiger partial charge in [-0.05, 0) is 54.8 Å². The van der Waals surface area contributed by atoms with Crippen molar-refractivity contribution < 1.29 is 9.53 Å². The molecule has 2 aromatic rings. The summed E-state index contributed by atoms with van der Waals surface area (Å²) >= 11 is 6.09. The van der Waals surface area contributed by atoms with Gasteiger partial charge in [0, 0.05) is 43.7 Å². The molecule has 0 saturated carbocycles. The first-order chi connectivity index (χ1) is 15.2. The van der Waals surface area contributed by atoms with Gasteiger partial charge in [0.05, 0.1) is 13.2 Å². The third kappa shape index (κ3) is 6.78. The van der Waals surface area contributed by atoms with Crippen molar-refractivity contribution in [2.75, 3.05) is 39.4 Å². The Bertz CT molecular complexity index is 861. The minimum absolute atomic E-state index is 0.104. The van der Waals surface area contributed by atoms with Crippen molar-refractivity contribution in [2.45, 2.75) is 32.5 Å². The number of morpholine rings is 1. The summed E-state index contributed by atoms with van der Waals surface area (Å²) in [6.07, 6.45) is 1.81. The van der Waals surface area contributed by atoms with Crippen LogP contribution in [0.25, 0.3) is 0 Å². The minimum atomic E-state index is 0.104. The van der Waals surface area contributed by atoms with Gasteiger partial charge in [0.25, 0.3) is 0 Å². The van der Waals surface area contributed by atoms with Crippen LogP contribution in [0.15, 0.2) is 48.5 Å². The fourth-order valence-corrected chi connectivity index (χ4v) is 4.65. The number of hydrogen-bond donors (Lipinski definition) is 1. The highest BCUT2D eigenvalue weighted by Gasteiger charge is 2.24. The van der Waals surface area contributed by atoms with Crippen molar-refractivity contribution in [3.05, 3.63) is 70.2 Å². The number of carbonyl (C=O) groups excluding carboxylic acids is 1. The SMILES string of the molecule is O=C(NCc1cccc(CN2CCOCC2)c1)C1CCN(Cc2cccc(Cl)c2)CC1. The number of nitrogens with zero attached hydrogens (tertiary/aromatic N) is 2. The van der Waals surface area contributed by atoms with Gasteiger partial charge in [-0.3, -0.25) is 14.6 Å². The summed E-state index contributed by atoms with van der Waals surface area (Å²) in [5, 5.41) is 3.94. The van der Waals surface area contributed by atoms with E-state index in [2.05, 4.69) is 45.4 Å². The summed E-state index contributed by atoms with van der Waals surface area (Å²) in [7, 11) is 0. The molecule has 1 amide bonds. The molecule has 1 N–H and O–H groups in total. The molecule has 2 aliphatic rings. The van der Waals surface area contributed by atoms with Gasteiger partial charge in [-0.15, -0.1) is 0 Å². The first-order valence-electron chi connectivity index (χ1n) is 11.3. The fraction of sp³-hybridized carbons (Fsp3) is 0.480. The molecule has 0 bridgehead atoms. The lowest BCUT2D eigenvalue weighted by atomic mass is 9.95. The predicted molar refractivity (Wildman–Crippen MR) is 124 cm³/mol. The average Bonchev–Trinajstić information content (AvgIpc) is 2.79. The molecule has 2 fully saturated rings. The molecule has 4 rings (SSSR count). The normalized spacial score (nSPS) is 18.7. The standard InChI is InChI=1S/C25H32ClN3O2/c26-24-6-2-5-22(16-24)19-28-9-7-23(8-10-28)25(30)27-17-20-3-1-4-21(15-20)18-29-11-13-31-14-12-29/h1-6,15-16,23H,7-14,17-19H2,(H,27,30). The lowest BCUT2D eigenvalue weighted by Crippen LogP contribution is -2.40. The van der Waals surface area contributed by atoms with Gasteiger partial charge in [0.15, 0.2) is 0 Å². The largest absolute Gasteiger partial charge is 0.379 e. The maximum absolute atomic E-state index is 12.7. The molecule has 166 valence electrons. The van der Waals surface area contributed by atoms with E-state index in [0.29, 0.717) is 6.54 Å². The molecule has 2 saturated heterocycles. The summed E-state index contributed by atoms with van der Waals surface area (Å²) in [6.45, 7) is 7.91. The molecular weight excluding hydrogens is 410 g/mol. The summed E-state index contributed by atoms with van der Waals surface area (Å²) in [5.74, 6) is 0.285. The number of carbonyl (C=O) groups is 1. The van der Waals surface area contributed by atoms with Gasteiger partial charge in [-0.1, -0.05) is 48.0 Å². The quantitative estimate of drug-likeness (QED) is 0.711. The zero-order valence-electron chi connectivity index (χ0n) is 18.1. The molecule has 0 spiro atoms. The van der Waals surface area contributed by atoms with Gasteiger partial charge in [-0.2, -0.15) is 0 Å². The van der Waals surface area contributed by atoms with E-state index in [1.54, 1.807) is 0 Å². The summed E-state index contributed by atoms with van der Waals surface area (Å²) in [4.78, 5) is 17.5. The second-order valence-electron chi connectivity index (χ2n) is 8.61. The maximum Gasteiger partial charge on any atom is 0.223 e. The Morgan fingerprint density at radius 3 is 2.23 bits per heavy atom. The van der Waals surface area contributed by atoms with Gasteiger partial charge in [0.1, 0.15) is 0 Å². The Morgan fingerprint density at radius 1 is 0.903 bits per heavy atom. The second kappa shape index (κ2) is 11.1. The molecule has 0 unspecified atom stereocenters. The Balaban J connectivity index is 1.21. The molecule has 5 nitrogen and oxygen atoms in total. The van der Waals surface area contributed by atoms with Crippen LogP contribution < -0.4 is 5.32 Å². The maximum atomic E-state index is 12.7. The van der Waals surface area contributed by atoms with Gasteiger partial charge >= 0.3 is 0 Å². The van der Waals surface area contributed by atoms with Crippen LogP contribution in [0.2, 0.25) is 5.02 Å². The average molecular weight is 442 g/mol. The Hall–Kier alpha value is -1.92. The molecular formula is C25H32ClN3O2. The highest BCUT2D eigenvalue weighted by atomic mass is 35.5. The Morgan fingerprint density at radius 2 is 1.52 bits per heavy atom. The topological polar surface area (TPSA) is 44.8 Å². The van der Waals surface area contributed by atoms with Crippen LogP contribution in [0.3, 0.4) is 0 Å². The number of benzene rings is 2. The van der Waals surface area contributed by atoms with Crippen LogP contribution in [0.5, 0.6) is 0 Å². The Labute approximate surface area is 190 Å². The van der Waals surface area contributed by atoms with Crippen molar-refractivity contribution in [2.24, 2.45) is 5.92 Å². The third-order valence-corrected chi connectivity index (χ3v) is 6.46. The van der Waals surface area contributed by atoms with Crippen molar-refractivity contribution in [1.82, 2.24) is 15.1 Å². The predicted octanol–water partition coefficient (Wildman–Crippen LogP) is 3.70. The summed E-state index contributed by atoms with van der Waals surface area (Å²) in [5.41, 5.74) is 3.69. The fourth-order valence-electron chi connectivity index (χ4n) is 4.44. The highest BCUT2D eigenvalue weighted by molar-refractivity contribution is 6.30. The van der Waals surface area contributed by atoms with E-state index in [4.69, 9.17) is 16.3 Å². The number of rotatable bonds is 7. The molecule has 31 heavy (non-hydrogen) atoms. The van der Waals surface area contributed by atoms with Gasteiger partial charge in [-0.25, -0.2) is 0 Å². The monoisotopic (exact) mass is 441 g/mol. The van der Waals surface area contributed by atoms with Crippen molar-refractivity contribution in [1.29, 1.82) is 0 Å². The van der Waals surface area contributed by atoms with E-state index in [1.807, 2.05) is 18.2 Å². The first kappa shape index (κ1) is 22.3. The summed E-state index contributed by atoms with van der Waals surface area (Å²) < 4.78 is 5.43. The van der Waals surface area contributed by atoms with E-state index in [-0.39, 0.29) is 11.8 Å². The number of amides is 1. The number of halogens is 1. The summed E-state index contributed by atoms with van der Waals surface area (Å²) in [6, 6.07) is 16.6. The molecule has 0 radical (unpaired) electrons. The van der Waals surface area contributed by atoms with Gasteiger partial charge < -0.3 is 10.1 Å². The van der Waals surface area contributed by atoms with Crippen LogP contribution in [-0.2, 0) is 29.2 Å². The van der Waals surface area contributed by atoms with E-state index in [1.165, 1.54) is 11.1 Å². The van der Waals surface area contributed by atoms with Crippen molar-refractivity contribution in [3.8, 4) is 0 Å². The second-order valence-corrected chi connectivity index (χ2v) is 9.04. The van der Waals surface area contributed by atoms with Crippen LogP contribution >= 0.6 is 11.6 Å². The van der Waals surface area contributed by atoms with Crippen LogP contribution in [0, 0.1) is 5.92 Å². The number of nitrogens with one attached hydrogen (secondary N) is 1. The van der Waals surface area contributed by atoms with E-state index >= 15 is 0 Å². The molecule has 0 aromatic heterocycles. The zero-order valence-corrected chi connectivity index (χ0v) is 18.8. The van der Waals surface area contributed by atoms with Crippen molar-refractivity contribution in [3.63, 3.8) is 0 Å². The smallest absolute Gasteiger partial charge is 0.223 e. The van der Waals surface area contributed by atoms with E-state index in [9.17, 15) is 4.79 Å². The highest BCUT2D eigenvalue weighted by Crippen LogP contribution is 2.21. The molecule has 6 heteroatoms. The molecule has 2 heterocycles. The van der Waals surface area contributed by atoms with Gasteiger partial charge in [0.2, 0.25) is 5.91 Å². The zero-order chi connectivity index (χ0) is 21.5. The minimum Gasteiger partial charge on any atom is -0.379 e. The Kier molecular flexibility index (Phi) is 7.97. The lowest BCUT2D eigenvalue weighted by Gasteiger charge is -2.31.